The Morgan fingerprint density at radius 2 is 1.88 bits per heavy atom. The molecule has 0 unspecified atom stereocenters. The fourth-order valence-corrected chi connectivity index (χ4v) is 6.01. The maximum atomic E-state index is 13.2. The SMILES string of the molecule is C[C@H]1CCCC[C@@H]1NC(=O)COC(=O)c1cccc(S(=O)(=O)N2CCc3ccccc32)c1. The van der Waals surface area contributed by atoms with Crippen molar-refractivity contribution in [3.8, 4) is 0 Å². The van der Waals surface area contributed by atoms with Gasteiger partial charge in [0.15, 0.2) is 6.61 Å². The molecule has 2 aromatic rings. The van der Waals surface area contributed by atoms with Crippen molar-refractivity contribution in [2.75, 3.05) is 17.5 Å². The summed E-state index contributed by atoms with van der Waals surface area (Å²) in [5.74, 6) is -0.661. The van der Waals surface area contributed by atoms with Crippen LogP contribution in [0.4, 0.5) is 5.69 Å². The van der Waals surface area contributed by atoms with Crippen molar-refractivity contribution in [2.24, 2.45) is 5.92 Å². The molecule has 4 rings (SSSR count). The van der Waals surface area contributed by atoms with E-state index < -0.39 is 22.6 Å². The van der Waals surface area contributed by atoms with Crippen molar-refractivity contribution in [3.63, 3.8) is 0 Å². The highest BCUT2D eigenvalue weighted by molar-refractivity contribution is 7.92. The largest absolute Gasteiger partial charge is 0.452 e. The summed E-state index contributed by atoms with van der Waals surface area (Å²) in [6.45, 7) is 2.08. The molecule has 7 nitrogen and oxygen atoms in total. The van der Waals surface area contributed by atoms with Gasteiger partial charge in [-0.05, 0) is 55.0 Å². The van der Waals surface area contributed by atoms with Crippen molar-refractivity contribution < 1.29 is 22.7 Å². The van der Waals surface area contributed by atoms with E-state index in [0.29, 0.717) is 24.6 Å². The van der Waals surface area contributed by atoms with Gasteiger partial charge in [0.1, 0.15) is 0 Å². The Hall–Kier alpha value is -2.87. The van der Waals surface area contributed by atoms with Crippen LogP contribution in [0, 0.1) is 5.92 Å². The minimum atomic E-state index is -3.82. The lowest BCUT2D eigenvalue weighted by molar-refractivity contribution is -0.125. The lowest BCUT2D eigenvalue weighted by atomic mass is 9.86. The number of carbonyl (C=O) groups is 2. The van der Waals surface area contributed by atoms with Gasteiger partial charge in [-0.1, -0.05) is 44.0 Å². The number of hydrogen-bond acceptors (Lipinski definition) is 5. The number of ether oxygens (including phenoxy) is 1. The summed E-state index contributed by atoms with van der Waals surface area (Å²) in [5.41, 5.74) is 1.73. The number of anilines is 1. The highest BCUT2D eigenvalue weighted by Crippen LogP contribution is 2.32. The number of para-hydroxylation sites is 1. The molecule has 0 bridgehead atoms. The monoisotopic (exact) mass is 456 g/mol. The maximum absolute atomic E-state index is 13.2. The third-order valence-corrected chi connectivity index (χ3v) is 8.10. The number of sulfonamides is 1. The second kappa shape index (κ2) is 9.32. The van der Waals surface area contributed by atoms with E-state index in [1.165, 1.54) is 35.0 Å². The van der Waals surface area contributed by atoms with Gasteiger partial charge in [0.05, 0.1) is 16.1 Å². The smallest absolute Gasteiger partial charge is 0.338 e. The Labute approximate surface area is 188 Å². The molecule has 8 heteroatoms. The summed E-state index contributed by atoms with van der Waals surface area (Å²) in [4.78, 5) is 24.7. The van der Waals surface area contributed by atoms with E-state index >= 15 is 0 Å². The van der Waals surface area contributed by atoms with E-state index in [2.05, 4.69) is 12.2 Å². The van der Waals surface area contributed by atoms with Crippen LogP contribution >= 0.6 is 0 Å². The number of nitrogens with one attached hydrogen (secondary N) is 1. The molecule has 1 saturated carbocycles. The molecule has 0 aromatic heterocycles. The van der Waals surface area contributed by atoms with E-state index in [1.807, 2.05) is 12.1 Å². The average molecular weight is 457 g/mol. The number of rotatable bonds is 6. The van der Waals surface area contributed by atoms with Gasteiger partial charge < -0.3 is 10.1 Å². The molecule has 1 aliphatic carbocycles. The zero-order chi connectivity index (χ0) is 22.7. The topological polar surface area (TPSA) is 92.8 Å². The standard InChI is InChI=1S/C24H28N2O5S/c1-17-7-2-4-11-21(17)25-23(27)16-31-24(28)19-9-6-10-20(15-19)32(29,30)26-14-13-18-8-3-5-12-22(18)26/h3,5-6,8-10,12,15,17,21H,2,4,7,11,13-14,16H2,1H3,(H,25,27)/t17-,21-/m0/s1. The van der Waals surface area contributed by atoms with Crippen LogP contribution < -0.4 is 9.62 Å². The first-order valence-corrected chi connectivity index (χ1v) is 12.5. The molecule has 2 aromatic carbocycles. The summed E-state index contributed by atoms with van der Waals surface area (Å²) in [5, 5.41) is 2.94. The normalized spacial score (nSPS) is 20.5. The Balaban J connectivity index is 1.41. The van der Waals surface area contributed by atoms with E-state index in [1.54, 1.807) is 12.1 Å². The van der Waals surface area contributed by atoms with Crippen LogP contribution in [0.15, 0.2) is 53.4 Å². The first kappa shape index (κ1) is 22.3. The van der Waals surface area contributed by atoms with Gasteiger partial charge in [0.2, 0.25) is 0 Å². The summed E-state index contributed by atoms with van der Waals surface area (Å²) >= 11 is 0. The molecule has 2 aliphatic rings. The lowest BCUT2D eigenvalue weighted by Gasteiger charge is -2.29. The minimum Gasteiger partial charge on any atom is -0.452 e. The summed E-state index contributed by atoms with van der Waals surface area (Å²) in [6.07, 6.45) is 4.91. The van der Waals surface area contributed by atoms with Gasteiger partial charge in [-0.15, -0.1) is 0 Å². The second-order valence-corrected chi connectivity index (χ2v) is 10.4. The third kappa shape index (κ3) is 4.65. The molecule has 170 valence electrons. The van der Waals surface area contributed by atoms with Crippen LogP contribution in [-0.2, 0) is 26.0 Å². The molecule has 2 atom stereocenters. The average Bonchev–Trinajstić information content (AvgIpc) is 3.24. The van der Waals surface area contributed by atoms with Crippen LogP contribution in [0.2, 0.25) is 0 Å². The molecule has 1 fully saturated rings. The molecular weight excluding hydrogens is 428 g/mol. The number of fused-ring (bicyclic) bond motifs is 1. The van der Waals surface area contributed by atoms with Gasteiger partial charge in [-0.2, -0.15) is 0 Å². The van der Waals surface area contributed by atoms with Crippen LogP contribution in [-0.4, -0.2) is 39.5 Å². The molecule has 0 radical (unpaired) electrons. The molecule has 0 saturated heterocycles. The maximum Gasteiger partial charge on any atom is 0.338 e. The molecule has 1 amide bonds. The van der Waals surface area contributed by atoms with E-state index in [-0.39, 0.29) is 22.4 Å². The molecule has 1 heterocycles. The lowest BCUT2D eigenvalue weighted by Crippen LogP contribution is -2.42. The molecule has 1 aliphatic heterocycles. The van der Waals surface area contributed by atoms with E-state index in [0.717, 1.165) is 24.8 Å². The van der Waals surface area contributed by atoms with Gasteiger partial charge in [0, 0.05) is 12.6 Å². The Kier molecular flexibility index (Phi) is 6.50. The van der Waals surface area contributed by atoms with Crippen molar-refractivity contribution in [3.05, 3.63) is 59.7 Å². The first-order chi connectivity index (χ1) is 15.4. The summed E-state index contributed by atoms with van der Waals surface area (Å²) < 4.78 is 32.9. The van der Waals surface area contributed by atoms with E-state index in [4.69, 9.17) is 4.74 Å². The van der Waals surface area contributed by atoms with Gasteiger partial charge in [-0.25, -0.2) is 13.2 Å². The van der Waals surface area contributed by atoms with E-state index in [9.17, 15) is 18.0 Å². The number of esters is 1. The van der Waals surface area contributed by atoms with Crippen molar-refractivity contribution in [1.82, 2.24) is 5.32 Å². The number of amides is 1. The first-order valence-electron chi connectivity index (χ1n) is 11.0. The van der Waals surface area contributed by atoms with Gasteiger partial charge in [0.25, 0.3) is 15.9 Å². The van der Waals surface area contributed by atoms with Gasteiger partial charge >= 0.3 is 5.97 Å². The zero-order valence-corrected chi connectivity index (χ0v) is 18.9. The molecular formula is C24H28N2O5S. The quantitative estimate of drug-likeness (QED) is 0.674. The minimum absolute atomic E-state index is 0.0177. The summed E-state index contributed by atoms with van der Waals surface area (Å²) in [6, 6.07) is 13.3. The molecule has 0 spiro atoms. The fourth-order valence-electron chi connectivity index (χ4n) is 4.46. The summed E-state index contributed by atoms with van der Waals surface area (Å²) in [7, 11) is -3.82. The Morgan fingerprint density at radius 3 is 2.69 bits per heavy atom. The van der Waals surface area contributed by atoms with Crippen molar-refractivity contribution in [2.45, 2.75) is 50.0 Å². The molecule has 1 N–H and O–H groups in total. The van der Waals surface area contributed by atoms with Crippen LogP contribution in [0.3, 0.4) is 0 Å². The number of hydrogen-bond donors (Lipinski definition) is 1. The predicted octanol–water partition coefficient (Wildman–Crippen LogP) is 3.29. The zero-order valence-electron chi connectivity index (χ0n) is 18.1. The van der Waals surface area contributed by atoms with Crippen LogP contribution in [0.25, 0.3) is 0 Å². The highest BCUT2D eigenvalue weighted by Gasteiger charge is 2.31. The number of carbonyl (C=O) groups excluding carboxylic acids is 2. The molecule has 32 heavy (non-hydrogen) atoms. The highest BCUT2D eigenvalue weighted by atomic mass is 32.2. The Morgan fingerprint density at radius 1 is 1.09 bits per heavy atom. The second-order valence-electron chi connectivity index (χ2n) is 8.50. The van der Waals surface area contributed by atoms with Crippen molar-refractivity contribution >= 4 is 27.6 Å². The fraction of sp³-hybridized carbons (Fsp3) is 0.417. The van der Waals surface area contributed by atoms with Crippen molar-refractivity contribution in [1.29, 1.82) is 0 Å². The Bertz CT molecular complexity index is 1110. The van der Waals surface area contributed by atoms with Gasteiger partial charge in [-0.3, -0.25) is 9.10 Å². The number of benzene rings is 2. The third-order valence-electron chi connectivity index (χ3n) is 6.29. The van der Waals surface area contributed by atoms with Crippen LogP contribution in [0.5, 0.6) is 0 Å². The van der Waals surface area contributed by atoms with Crippen LogP contribution in [0.1, 0.15) is 48.5 Å². The predicted molar refractivity (Wildman–Crippen MR) is 121 cm³/mol. The number of nitrogens with zero attached hydrogens (tertiary/aromatic N) is 1.